The number of hydrogen-bond donors (Lipinski definition) is 0. The fraction of sp³-hybridized carbons (Fsp3) is 0.600. The second-order valence-electron chi connectivity index (χ2n) is 7.04. The normalized spacial score (nSPS) is 19.8. The SMILES string of the molecule is CCCCCC1SCC(C(=O)OCC(C)C)N1C(=O)c1ccc(Cl)cc1. The first-order valence-corrected chi connectivity index (χ1v) is 10.7. The number of carbonyl (C=O) groups is 2. The quantitative estimate of drug-likeness (QED) is 0.457. The van der Waals surface area contributed by atoms with Crippen LogP contribution in [0.5, 0.6) is 0 Å². The lowest BCUT2D eigenvalue weighted by molar-refractivity contribution is -0.149. The third kappa shape index (κ3) is 5.65. The zero-order valence-electron chi connectivity index (χ0n) is 15.7. The third-order valence-corrected chi connectivity index (χ3v) is 5.91. The van der Waals surface area contributed by atoms with Crippen molar-refractivity contribution < 1.29 is 14.3 Å². The summed E-state index contributed by atoms with van der Waals surface area (Å²) in [5.74, 6) is 0.437. The van der Waals surface area contributed by atoms with E-state index in [4.69, 9.17) is 16.3 Å². The summed E-state index contributed by atoms with van der Waals surface area (Å²) in [6.07, 6.45) is 4.20. The molecule has 0 aliphatic carbocycles. The Morgan fingerprint density at radius 3 is 2.58 bits per heavy atom. The van der Waals surface area contributed by atoms with Crippen molar-refractivity contribution >= 4 is 35.2 Å². The third-order valence-electron chi connectivity index (χ3n) is 4.30. The maximum Gasteiger partial charge on any atom is 0.329 e. The maximum absolute atomic E-state index is 13.1. The molecule has 0 spiro atoms. The molecule has 1 aliphatic heterocycles. The molecule has 0 aromatic heterocycles. The minimum atomic E-state index is -0.520. The van der Waals surface area contributed by atoms with Gasteiger partial charge in [0, 0.05) is 16.3 Å². The van der Waals surface area contributed by atoms with Gasteiger partial charge in [-0.3, -0.25) is 4.79 Å². The number of hydrogen-bond acceptors (Lipinski definition) is 4. The Kier molecular flexibility index (Phi) is 8.29. The van der Waals surface area contributed by atoms with E-state index in [1.54, 1.807) is 40.9 Å². The predicted octanol–water partition coefficient (Wildman–Crippen LogP) is 5.00. The number of ether oxygens (including phenoxy) is 1. The van der Waals surface area contributed by atoms with E-state index in [1.807, 2.05) is 13.8 Å². The monoisotopic (exact) mass is 397 g/mol. The number of carbonyl (C=O) groups excluding carboxylic acids is 2. The van der Waals surface area contributed by atoms with E-state index in [0.29, 0.717) is 22.9 Å². The highest BCUT2D eigenvalue weighted by atomic mass is 35.5. The average molecular weight is 398 g/mol. The number of benzene rings is 1. The van der Waals surface area contributed by atoms with Crippen LogP contribution in [0.25, 0.3) is 0 Å². The van der Waals surface area contributed by atoms with Gasteiger partial charge in [0.2, 0.25) is 0 Å². The molecule has 1 saturated heterocycles. The summed E-state index contributed by atoms with van der Waals surface area (Å²) in [6, 6.07) is 6.32. The van der Waals surface area contributed by atoms with Gasteiger partial charge in [0.25, 0.3) is 5.91 Å². The highest BCUT2D eigenvalue weighted by molar-refractivity contribution is 8.00. The van der Waals surface area contributed by atoms with Crippen LogP contribution in [0.4, 0.5) is 0 Å². The number of thioether (sulfide) groups is 1. The topological polar surface area (TPSA) is 46.6 Å². The average Bonchev–Trinajstić information content (AvgIpc) is 3.04. The second-order valence-corrected chi connectivity index (χ2v) is 8.69. The van der Waals surface area contributed by atoms with Crippen LogP contribution < -0.4 is 0 Å². The van der Waals surface area contributed by atoms with Crippen molar-refractivity contribution in [3.05, 3.63) is 34.9 Å². The molecule has 26 heavy (non-hydrogen) atoms. The molecule has 2 atom stereocenters. The first kappa shape index (κ1) is 21.1. The van der Waals surface area contributed by atoms with Crippen LogP contribution in [0.15, 0.2) is 24.3 Å². The van der Waals surface area contributed by atoms with E-state index in [9.17, 15) is 9.59 Å². The smallest absolute Gasteiger partial charge is 0.329 e. The van der Waals surface area contributed by atoms with Crippen molar-refractivity contribution in [3.63, 3.8) is 0 Å². The van der Waals surface area contributed by atoms with Crippen molar-refractivity contribution in [1.82, 2.24) is 4.90 Å². The van der Waals surface area contributed by atoms with E-state index in [0.717, 1.165) is 25.7 Å². The van der Waals surface area contributed by atoms with Crippen LogP contribution in [-0.4, -0.2) is 40.6 Å². The van der Waals surface area contributed by atoms with Gasteiger partial charge in [-0.15, -0.1) is 11.8 Å². The van der Waals surface area contributed by atoms with Gasteiger partial charge in [0.15, 0.2) is 0 Å². The molecule has 0 saturated carbocycles. The zero-order chi connectivity index (χ0) is 19.1. The highest BCUT2D eigenvalue weighted by Crippen LogP contribution is 2.34. The number of esters is 1. The van der Waals surface area contributed by atoms with Gasteiger partial charge in [0.1, 0.15) is 6.04 Å². The molecule has 144 valence electrons. The fourth-order valence-corrected chi connectivity index (χ4v) is 4.46. The van der Waals surface area contributed by atoms with Crippen molar-refractivity contribution in [2.45, 2.75) is 57.9 Å². The summed E-state index contributed by atoms with van der Waals surface area (Å²) in [4.78, 5) is 27.4. The van der Waals surface area contributed by atoms with E-state index >= 15 is 0 Å². The minimum Gasteiger partial charge on any atom is -0.464 e. The van der Waals surface area contributed by atoms with Crippen LogP contribution in [0.1, 0.15) is 56.8 Å². The first-order valence-electron chi connectivity index (χ1n) is 9.30. The van der Waals surface area contributed by atoms with Crippen molar-refractivity contribution in [3.8, 4) is 0 Å². The van der Waals surface area contributed by atoms with Crippen molar-refractivity contribution in [1.29, 1.82) is 0 Å². The molecule has 1 aromatic rings. The second kappa shape index (κ2) is 10.2. The molecular formula is C20H28ClNO3S. The number of unbranched alkanes of at least 4 members (excludes halogenated alkanes) is 2. The van der Waals surface area contributed by atoms with Gasteiger partial charge < -0.3 is 9.64 Å². The lowest BCUT2D eigenvalue weighted by Crippen LogP contribution is -2.46. The Morgan fingerprint density at radius 1 is 1.27 bits per heavy atom. The van der Waals surface area contributed by atoms with Gasteiger partial charge in [-0.05, 0) is 36.6 Å². The van der Waals surface area contributed by atoms with Crippen molar-refractivity contribution in [2.24, 2.45) is 5.92 Å². The Morgan fingerprint density at radius 2 is 1.96 bits per heavy atom. The standard InChI is InChI=1S/C20H28ClNO3S/c1-4-5-6-7-18-22(19(23)15-8-10-16(21)11-9-15)17(13-26-18)20(24)25-12-14(2)3/h8-11,14,17-18H,4-7,12-13H2,1-3H3. The van der Waals surface area contributed by atoms with E-state index in [2.05, 4.69) is 6.92 Å². The molecule has 4 nitrogen and oxygen atoms in total. The first-order chi connectivity index (χ1) is 12.4. The van der Waals surface area contributed by atoms with Gasteiger partial charge in [0.05, 0.1) is 12.0 Å². The largest absolute Gasteiger partial charge is 0.464 e. The summed E-state index contributed by atoms with van der Waals surface area (Å²) in [6.45, 7) is 6.54. The van der Waals surface area contributed by atoms with Gasteiger partial charge in [-0.25, -0.2) is 4.79 Å². The fourth-order valence-electron chi connectivity index (χ4n) is 2.90. The molecular weight excluding hydrogens is 370 g/mol. The Hall–Kier alpha value is -1.20. The number of amides is 1. The van der Waals surface area contributed by atoms with Crippen LogP contribution >= 0.6 is 23.4 Å². The van der Waals surface area contributed by atoms with Crippen LogP contribution in [0, 0.1) is 5.92 Å². The number of nitrogens with zero attached hydrogens (tertiary/aromatic N) is 1. The van der Waals surface area contributed by atoms with Gasteiger partial charge in [-0.2, -0.15) is 0 Å². The number of halogens is 1. The van der Waals surface area contributed by atoms with Gasteiger partial charge >= 0.3 is 5.97 Å². The molecule has 1 aliphatic rings. The van der Waals surface area contributed by atoms with Crippen LogP contribution in [-0.2, 0) is 9.53 Å². The van der Waals surface area contributed by atoms with Gasteiger partial charge in [-0.1, -0.05) is 51.6 Å². The molecule has 2 unspecified atom stereocenters. The molecule has 1 heterocycles. The molecule has 0 radical (unpaired) electrons. The molecule has 0 bridgehead atoms. The van der Waals surface area contributed by atoms with Crippen LogP contribution in [0.2, 0.25) is 5.02 Å². The Balaban J connectivity index is 2.17. The zero-order valence-corrected chi connectivity index (χ0v) is 17.3. The van der Waals surface area contributed by atoms with Crippen LogP contribution in [0.3, 0.4) is 0 Å². The molecule has 2 rings (SSSR count). The lowest BCUT2D eigenvalue weighted by Gasteiger charge is -2.28. The maximum atomic E-state index is 13.1. The van der Waals surface area contributed by atoms with E-state index < -0.39 is 6.04 Å². The minimum absolute atomic E-state index is 0.0151. The summed E-state index contributed by atoms with van der Waals surface area (Å²) >= 11 is 7.61. The molecule has 1 fully saturated rings. The van der Waals surface area contributed by atoms with Crippen molar-refractivity contribution in [2.75, 3.05) is 12.4 Å². The highest BCUT2D eigenvalue weighted by Gasteiger charge is 2.42. The molecule has 1 amide bonds. The summed E-state index contributed by atoms with van der Waals surface area (Å²) in [5.41, 5.74) is 0.555. The summed E-state index contributed by atoms with van der Waals surface area (Å²) in [5, 5.41) is 0.603. The molecule has 0 N–H and O–H groups in total. The Labute approximate surface area is 165 Å². The predicted molar refractivity (Wildman–Crippen MR) is 108 cm³/mol. The lowest BCUT2D eigenvalue weighted by atomic mass is 10.1. The Bertz CT molecular complexity index is 606. The molecule has 6 heteroatoms. The number of rotatable bonds is 8. The molecule has 1 aromatic carbocycles. The summed E-state index contributed by atoms with van der Waals surface area (Å²) in [7, 11) is 0. The van der Waals surface area contributed by atoms with E-state index in [1.165, 1.54) is 0 Å². The summed E-state index contributed by atoms with van der Waals surface area (Å²) < 4.78 is 5.43. The van der Waals surface area contributed by atoms with E-state index in [-0.39, 0.29) is 23.2 Å².